The van der Waals surface area contributed by atoms with Crippen molar-refractivity contribution in [1.29, 1.82) is 0 Å². The third kappa shape index (κ3) is 4.28. The van der Waals surface area contributed by atoms with Crippen LogP contribution in [-0.4, -0.2) is 19.2 Å². The highest BCUT2D eigenvalue weighted by molar-refractivity contribution is 9.10. The number of alkyl carbamates (subject to hydrolysis) is 1. The zero-order chi connectivity index (χ0) is 20.2. The maximum absolute atomic E-state index is 12.2. The molecule has 1 N–H and O–H groups in total. The van der Waals surface area contributed by atoms with Crippen LogP contribution in [0.15, 0.2) is 77.3 Å². The summed E-state index contributed by atoms with van der Waals surface area (Å²) in [5, 5.41) is 2.79. The van der Waals surface area contributed by atoms with Crippen LogP contribution >= 0.6 is 15.9 Å². The molecule has 0 bridgehead atoms. The zero-order valence-corrected chi connectivity index (χ0v) is 17.8. The lowest BCUT2D eigenvalue weighted by atomic mass is 9.98. The maximum Gasteiger partial charge on any atom is 0.407 e. The molecule has 0 aromatic heterocycles. The normalized spacial score (nSPS) is 12.6. The van der Waals surface area contributed by atoms with Gasteiger partial charge in [0.15, 0.2) is 0 Å². The van der Waals surface area contributed by atoms with Gasteiger partial charge >= 0.3 is 6.09 Å². The van der Waals surface area contributed by atoms with Gasteiger partial charge < -0.3 is 10.1 Å². The van der Waals surface area contributed by atoms with Crippen molar-refractivity contribution >= 4 is 28.1 Å². The van der Waals surface area contributed by atoms with E-state index in [4.69, 9.17) is 4.74 Å². The minimum absolute atomic E-state index is 0.0761. The number of halogens is 1. The predicted molar refractivity (Wildman–Crippen MR) is 121 cm³/mol. The van der Waals surface area contributed by atoms with E-state index >= 15 is 0 Å². The number of benzene rings is 3. The Bertz CT molecular complexity index is 1030. The van der Waals surface area contributed by atoms with Crippen molar-refractivity contribution in [3.63, 3.8) is 0 Å². The van der Waals surface area contributed by atoms with Crippen molar-refractivity contribution in [1.82, 2.24) is 5.32 Å². The Morgan fingerprint density at radius 2 is 1.69 bits per heavy atom. The second-order valence-electron chi connectivity index (χ2n) is 7.13. The fourth-order valence-electron chi connectivity index (χ4n) is 3.74. The SMILES string of the molecule is Cc1ccc(C=CCNC(=O)OCC2c3ccccc3-c3ccccc32)c(Br)c1. The van der Waals surface area contributed by atoms with Crippen LogP contribution in [0, 0.1) is 6.92 Å². The van der Waals surface area contributed by atoms with Gasteiger partial charge in [-0.05, 0) is 46.4 Å². The molecule has 1 aliphatic carbocycles. The molecule has 1 aliphatic rings. The van der Waals surface area contributed by atoms with Crippen molar-refractivity contribution in [2.24, 2.45) is 0 Å². The minimum Gasteiger partial charge on any atom is -0.449 e. The van der Waals surface area contributed by atoms with E-state index in [0.717, 1.165) is 10.0 Å². The van der Waals surface area contributed by atoms with Crippen LogP contribution in [0.1, 0.15) is 28.2 Å². The van der Waals surface area contributed by atoms with Gasteiger partial charge in [-0.25, -0.2) is 4.79 Å². The molecule has 0 saturated carbocycles. The molecule has 3 aromatic rings. The number of carbonyl (C=O) groups is 1. The summed E-state index contributed by atoms with van der Waals surface area (Å²) in [6.07, 6.45) is 3.49. The van der Waals surface area contributed by atoms with E-state index in [0.29, 0.717) is 13.2 Å². The molecule has 0 unspecified atom stereocenters. The van der Waals surface area contributed by atoms with Crippen LogP contribution < -0.4 is 5.32 Å². The molecule has 0 aliphatic heterocycles. The molecule has 0 fully saturated rings. The highest BCUT2D eigenvalue weighted by Crippen LogP contribution is 2.44. The van der Waals surface area contributed by atoms with E-state index in [1.54, 1.807) is 0 Å². The van der Waals surface area contributed by atoms with Gasteiger partial charge in [-0.3, -0.25) is 0 Å². The van der Waals surface area contributed by atoms with Crippen molar-refractivity contribution in [3.8, 4) is 11.1 Å². The molecule has 0 atom stereocenters. The first-order chi connectivity index (χ1) is 14.1. The lowest BCUT2D eigenvalue weighted by Gasteiger charge is -2.14. The largest absolute Gasteiger partial charge is 0.449 e. The fourth-order valence-corrected chi connectivity index (χ4v) is 4.37. The van der Waals surface area contributed by atoms with Crippen LogP contribution in [0.2, 0.25) is 0 Å². The summed E-state index contributed by atoms with van der Waals surface area (Å²) < 4.78 is 6.58. The minimum atomic E-state index is -0.403. The Kier molecular flexibility index (Phi) is 5.81. The van der Waals surface area contributed by atoms with Gasteiger partial charge in [0.25, 0.3) is 0 Å². The predicted octanol–water partition coefficient (Wildman–Crippen LogP) is 6.31. The van der Waals surface area contributed by atoms with Crippen molar-refractivity contribution in [2.75, 3.05) is 13.2 Å². The number of rotatable bonds is 5. The summed E-state index contributed by atoms with van der Waals surface area (Å²) in [5.74, 6) is 0.0761. The molecule has 29 heavy (non-hydrogen) atoms. The number of nitrogens with one attached hydrogen (secondary N) is 1. The van der Waals surface area contributed by atoms with Crippen LogP contribution in [0.4, 0.5) is 4.79 Å². The van der Waals surface area contributed by atoms with E-state index in [1.807, 2.05) is 42.5 Å². The van der Waals surface area contributed by atoms with E-state index in [2.05, 4.69) is 64.6 Å². The average Bonchev–Trinajstić information content (AvgIpc) is 3.05. The van der Waals surface area contributed by atoms with Crippen molar-refractivity contribution < 1.29 is 9.53 Å². The molecule has 3 aromatic carbocycles. The number of fused-ring (bicyclic) bond motifs is 3. The molecule has 0 spiro atoms. The Morgan fingerprint density at radius 1 is 1.03 bits per heavy atom. The zero-order valence-electron chi connectivity index (χ0n) is 16.2. The monoisotopic (exact) mass is 447 g/mol. The Hall–Kier alpha value is -2.85. The highest BCUT2D eigenvalue weighted by atomic mass is 79.9. The lowest BCUT2D eigenvalue weighted by Crippen LogP contribution is -2.26. The highest BCUT2D eigenvalue weighted by Gasteiger charge is 2.28. The van der Waals surface area contributed by atoms with Crippen LogP contribution in [0.3, 0.4) is 0 Å². The Balaban J connectivity index is 1.34. The Morgan fingerprint density at radius 3 is 2.34 bits per heavy atom. The third-order valence-corrected chi connectivity index (χ3v) is 5.85. The van der Waals surface area contributed by atoms with Crippen LogP contribution in [0.5, 0.6) is 0 Å². The maximum atomic E-state index is 12.2. The van der Waals surface area contributed by atoms with Gasteiger partial charge in [0.05, 0.1) is 0 Å². The second kappa shape index (κ2) is 8.66. The quantitative estimate of drug-likeness (QED) is 0.497. The number of carbonyl (C=O) groups excluding carboxylic acids is 1. The van der Waals surface area contributed by atoms with E-state index < -0.39 is 6.09 Å². The standard InChI is InChI=1S/C25H22BrNO2/c1-17-12-13-18(24(26)15-17)7-6-14-27-25(28)29-16-23-21-10-4-2-8-19(21)20-9-3-5-11-22(20)23/h2-13,15,23H,14,16H2,1H3,(H,27,28). The van der Waals surface area contributed by atoms with Gasteiger partial charge in [-0.1, -0.05) is 88.7 Å². The van der Waals surface area contributed by atoms with Gasteiger partial charge in [0.1, 0.15) is 6.61 Å². The van der Waals surface area contributed by atoms with E-state index in [-0.39, 0.29) is 5.92 Å². The molecule has 146 valence electrons. The lowest BCUT2D eigenvalue weighted by molar-refractivity contribution is 0.144. The number of aryl methyl sites for hydroxylation is 1. The number of ether oxygens (including phenoxy) is 1. The molecule has 1 amide bonds. The topological polar surface area (TPSA) is 38.3 Å². The summed E-state index contributed by atoms with van der Waals surface area (Å²) in [4.78, 5) is 12.2. The van der Waals surface area contributed by atoms with Crippen LogP contribution in [-0.2, 0) is 4.74 Å². The Labute approximate surface area is 179 Å². The number of amides is 1. The van der Waals surface area contributed by atoms with Crippen molar-refractivity contribution in [2.45, 2.75) is 12.8 Å². The third-order valence-electron chi connectivity index (χ3n) is 5.16. The summed E-state index contributed by atoms with van der Waals surface area (Å²) in [7, 11) is 0. The molecule has 0 saturated heterocycles. The molecule has 0 radical (unpaired) electrons. The summed E-state index contributed by atoms with van der Waals surface area (Å²) in [5.41, 5.74) is 7.15. The van der Waals surface area contributed by atoms with Gasteiger partial charge in [-0.15, -0.1) is 0 Å². The average molecular weight is 448 g/mol. The number of hydrogen-bond donors (Lipinski definition) is 1. The second-order valence-corrected chi connectivity index (χ2v) is 7.99. The summed E-state index contributed by atoms with van der Waals surface area (Å²) in [6.45, 7) is 2.79. The summed E-state index contributed by atoms with van der Waals surface area (Å²) in [6, 6.07) is 22.8. The smallest absolute Gasteiger partial charge is 0.407 e. The van der Waals surface area contributed by atoms with Gasteiger partial charge in [-0.2, -0.15) is 0 Å². The molecular weight excluding hydrogens is 426 g/mol. The molecule has 0 heterocycles. The number of hydrogen-bond acceptors (Lipinski definition) is 2. The molecule has 4 heteroatoms. The molecular formula is C25H22BrNO2. The van der Waals surface area contributed by atoms with Gasteiger partial charge in [0.2, 0.25) is 0 Å². The first kappa shape index (κ1) is 19.5. The first-order valence-electron chi connectivity index (χ1n) is 9.65. The van der Waals surface area contributed by atoms with Crippen LogP contribution in [0.25, 0.3) is 17.2 Å². The fraction of sp³-hybridized carbons (Fsp3) is 0.160. The van der Waals surface area contributed by atoms with Gasteiger partial charge in [0, 0.05) is 16.9 Å². The van der Waals surface area contributed by atoms with E-state index in [1.165, 1.54) is 27.8 Å². The molecule has 4 rings (SSSR count). The van der Waals surface area contributed by atoms with Crippen molar-refractivity contribution in [3.05, 3.63) is 99.5 Å². The molecule has 3 nitrogen and oxygen atoms in total. The summed E-state index contributed by atoms with van der Waals surface area (Å²) >= 11 is 3.55. The first-order valence-corrected chi connectivity index (χ1v) is 10.4. The van der Waals surface area contributed by atoms with E-state index in [9.17, 15) is 4.79 Å².